The Morgan fingerprint density at radius 3 is 2.59 bits per heavy atom. The Morgan fingerprint density at radius 1 is 1.35 bits per heavy atom. The van der Waals surface area contributed by atoms with Crippen molar-refractivity contribution in [1.82, 2.24) is 5.32 Å². The number of hydrogen-bond donors (Lipinski definition) is 3. The summed E-state index contributed by atoms with van der Waals surface area (Å²) in [5.74, 6) is -1.08. The van der Waals surface area contributed by atoms with Crippen molar-refractivity contribution in [2.45, 2.75) is 12.8 Å². The monoisotopic (exact) mass is 230 g/mol. The maximum Gasteiger partial charge on any atom is 0.336 e. The summed E-state index contributed by atoms with van der Waals surface area (Å²) in [6.45, 7) is 1.86. The van der Waals surface area contributed by atoms with E-state index in [2.05, 4.69) is 5.32 Å². The first-order valence-corrected chi connectivity index (χ1v) is 5.33. The highest BCUT2D eigenvalue weighted by atomic mass is 16.4. The summed E-state index contributed by atoms with van der Waals surface area (Å²) in [4.78, 5) is 11.2. The molecule has 0 spiro atoms. The van der Waals surface area contributed by atoms with Gasteiger partial charge >= 0.3 is 5.97 Å². The van der Waals surface area contributed by atoms with Gasteiger partial charge in [-0.15, -0.1) is 0 Å². The summed E-state index contributed by atoms with van der Waals surface area (Å²) >= 11 is 0. The summed E-state index contributed by atoms with van der Waals surface area (Å²) in [7, 11) is 0. The Bertz CT molecular complexity index is 503. The fourth-order valence-electron chi connectivity index (χ4n) is 1.99. The van der Waals surface area contributed by atoms with Crippen molar-refractivity contribution in [3.8, 4) is 0 Å². The standard InChI is InChI=1S/C13H14N2O2/c1-8-7-10(9-5-3-2-4-6-9)11(13(16)17)12(14)15-8/h2-7,10,15H,14H2,1H3,(H,16,17). The van der Waals surface area contributed by atoms with Gasteiger partial charge < -0.3 is 16.2 Å². The van der Waals surface area contributed by atoms with Crippen LogP contribution in [0.1, 0.15) is 18.4 Å². The third-order valence-corrected chi connectivity index (χ3v) is 2.74. The van der Waals surface area contributed by atoms with E-state index in [1.165, 1.54) is 0 Å². The molecule has 1 heterocycles. The first-order valence-electron chi connectivity index (χ1n) is 5.33. The first kappa shape index (κ1) is 11.3. The fourth-order valence-corrected chi connectivity index (χ4v) is 1.99. The predicted molar refractivity (Wildman–Crippen MR) is 64.9 cm³/mol. The second-order valence-electron chi connectivity index (χ2n) is 4.00. The second kappa shape index (κ2) is 4.33. The number of aliphatic carboxylic acids is 1. The van der Waals surface area contributed by atoms with Crippen molar-refractivity contribution >= 4 is 5.97 Å². The summed E-state index contributed by atoms with van der Waals surface area (Å²) in [5, 5.41) is 12.1. The van der Waals surface area contributed by atoms with Crippen molar-refractivity contribution in [2.75, 3.05) is 0 Å². The lowest BCUT2D eigenvalue weighted by Crippen LogP contribution is -2.30. The molecule has 88 valence electrons. The molecule has 1 aliphatic rings. The predicted octanol–water partition coefficient (Wildman–Crippen LogP) is 1.53. The van der Waals surface area contributed by atoms with Gasteiger partial charge in [0, 0.05) is 11.6 Å². The molecule has 1 aromatic carbocycles. The molecule has 0 fully saturated rings. The van der Waals surface area contributed by atoms with Crippen LogP contribution in [-0.2, 0) is 4.79 Å². The largest absolute Gasteiger partial charge is 0.478 e. The van der Waals surface area contributed by atoms with E-state index in [0.717, 1.165) is 11.3 Å². The molecule has 0 aromatic heterocycles. The van der Waals surface area contributed by atoms with Crippen molar-refractivity contribution in [2.24, 2.45) is 5.73 Å². The molecule has 1 aromatic rings. The zero-order valence-corrected chi connectivity index (χ0v) is 9.47. The number of carboxylic acids is 1. The summed E-state index contributed by atoms with van der Waals surface area (Å²) < 4.78 is 0. The van der Waals surface area contributed by atoms with Gasteiger partial charge in [0.2, 0.25) is 0 Å². The van der Waals surface area contributed by atoms with E-state index in [-0.39, 0.29) is 17.3 Å². The number of nitrogens with two attached hydrogens (primary N) is 1. The molecule has 1 aliphatic heterocycles. The maximum atomic E-state index is 11.2. The lowest BCUT2D eigenvalue weighted by molar-refractivity contribution is -0.133. The molecular weight excluding hydrogens is 216 g/mol. The summed E-state index contributed by atoms with van der Waals surface area (Å²) in [6, 6.07) is 9.47. The highest BCUT2D eigenvalue weighted by Gasteiger charge is 2.27. The van der Waals surface area contributed by atoms with Crippen LogP contribution in [0.5, 0.6) is 0 Å². The van der Waals surface area contributed by atoms with E-state index in [0.29, 0.717) is 0 Å². The molecule has 1 unspecified atom stereocenters. The Balaban J connectivity index is 2.49. The molecular formula is C13H14N2O2. The topological polar surface area (TPSA) is 75.3 Å². The average molecular weight is 230 g/mol. The van der Waals surface area contributed by atoms with Crippen molar-refractivity contribution in [3.05, 3.63) is 59.1 Å². The Morgan fingerprint density at radius 2 is 2.00 bits per heavy atom. The fraction of sp³-hybridized carbons (Fsp3) is 0.154. The molecule has 0 saturated carbocycles. The zero-order valence-electron chi connectivity index (χ0n) is 9.47. The van der Waals surface area contributed by atoms with Crippen LogP contribution in [0.25, 0.3) is 0 Å². The molecule has 4 heteroatoms. The number of dihydropyridines is 1. The number of hydrogen-bond acceptors (Lipinski definition) is 3. The first-order chi connectivity index (χ1) is 8.09. The van der Waals surface area contributed by atoms with Crippen molar-refractivity contribution < 1.29 is 9.90 Å². The highest BCUT2D eigenvalue weighted by Crippen LogP contribution is 2.30. The van der Waals surface area contributed by atoms with Gasteiger partial charge in [-0.25, -0.2) is 4.79 Å². The molecule has 0 bridgehead atoms. The van der Waals surface area contributed by atoms with Crippen LogP contribution in [0.2, 0.25) is 0 Å². The highest BCUT2D eigenvalue weighted by molar-refractivity contribution is 5.90. The van der Waals surface area contributed by atoms with Crippen LogP contribution in [0.15, 0.2) is 53.5 Å². The molecule has 4 N–H and O–H groups in total. The van der Waals surface area contributed by atoms with E-state index in [9.17, 15) is 9.90 Å². The quantitative estimate of drug-likeness (QED) is 0.720. The Kier molecular flexibility index (Phi) is 2.87. The summed E-state index contributed by atoms with van der Waals surface area (Å²) in [5.41, 5.74) is 7.73. The van der Waals surface area contributed by atoms with Crippen LogP contribution in [0, 0.1) is 0 Å². The smallest absolute Gasteiger partial charge is 0.336 e. The van der Waals surface area contributed by atoms with Crippen LogP contribution >= 0.6 is 0 Å². The maximum absolute atomic E-state index is 11.2. The van der Waals surface area contributed by atoms with Crippen LogP contribution < -0.4 is 11.1 Å². The van der Waals surface area contributed by atoms with E-state index >= 15 is 0 Å². The molecule has 0 radical (unpaired) electrons. The average Bonchev–Trinajstić information content (AvgIpc) is 2.28. The molecule has 2 rings (SSSR count). The van der Waals surface area contributed by atoms with Gasteiger partial charge in [-0.3, -0.25) is 0 Å². The summed E-state index contributed by atoms with van der Waals surface area (Å²) in [6.07, 6.45) is 1.87. The second-order valence-corrected chi connectivity index (χ2v) is 4.00. The molecule has 1 atom stereocenters. The van der Waals surface area contributed by atoms with Gasteiger partial charge in [-0.05, 0) is 12.5 Å². The van der Waals surface area contributed by atoms with Crippen LogP contribution in [0.3, 0.4) is 0 Å². The Hall–Kier alpha value is -2.23. The minimum absolute atomic E-state index is 0.196. The lowest BCUT2D eigenvalue weighted by Gasteiger charge is -2.23. The third-order valence-electron chi connectivity index (χ3n) is 2.74. The van der Waals surface area contributed by atoms with Gasteiger partial charge in [-0.2, -0.15) is 0 Å². The third kappa shape index (κ3) is 2.15. The number of allylic oxidation sites excluding steroid dienone is 2. The normalized spacial score (nSPS) is 19.6. The number of carboxylic acid groups (broad SMARTS) is 1. The van der Waals surface area contributed by atoms with E-state index in [1.807, 2.05) is 43.3 Å². The van der Waals surface area contributed by atoms with Crippen LogP contribution in [0.4, 0.5) is 0 Å². The minimum atomic E-state index is -0.993. The van der Waals surface area contributed by atoms with Gasteiger partial charge in [0.05, 0.1) is 5.57 Å². The number of carbonyl (C=O) groups is 1. The zero-order chi connectivity index (χ0) is 12.4. The van der Waals surface area contributed by atoms with Crippen molar-refractivity contribution in [1.29, 1.82) is 0 Å². The SMILES string of the molecule is CC1=CC(c2ccccc2)C(C(=O)O)=C(N)N1. The van der Waals surface area contributed by atoms with E-state index < -0.39 is 5.97 Å². The molecule has 17 heavy (non-hydrogen) atoms. The molecule has 4 nitrogen and oxygen atoms in total. The molecule has 0 aliphatic carbocycles. The Labute approximate surface area is 99.4 Å². The van der Waals surface area contributed by atoms with Gasteiger partial charge in [-0.1, -0.05) is 36.4 Å². The van der Waals surface area contributed by atoms with Gasteiger partial charge in [0.25, 0.3) is 0 Å². The molecule has 0 amide bonds. The van der Waals surface area contributed by atoms with Gasteiger partial charge in [0.15, 0.2) is 0 Å². The van der Waals surface area contributed by atoms with E-state index in [1.54, 1.807) is 0 Å². The van der Waals surface area contributed by atoms with Crippen LogP contribution in [-0.4, -0.2) is 11.1 Å². The molecule has 0 saturated heterocycles. The minimum Gasteiger partial charge on any atom is -0.478 e. The van der Waals surface area contributed by atoms with E-state index in [4.69, 9.17) is 5.73 Å². The van der Waals surface area contributed by atoms with Crippen molar-refractivity contribution in [3.63, 3.8) is 0 Å². The number of benzene rings is 1. The number of nitrogens with one attached hydrogen (secondary N) is 1. The lowest BCUT2D eigenvalue weighted by atomic mass is 9.88. The number of rotatable bonds is 2. The van der Waals surface area contributed by atoms with Gasteiger partial charge in [0.1, 0.15) is 5.82 Å².